The van der Waals surface area contributed by atoms with E-state index in [4.69, 9.17) is 5.73 Å². The zero-order chi connectivity index (χ0) is 12.7. The van der Waals surface area contributed by atoms with E-state index in [0.29, 0.717) is 18.4 Å². The van der Waals surface area contributed by atoms with E-state index in [9.17, 15) is 4.79 Å². The monoisotopic (exact) mass is 240 g/mol. The molecule has 0 spiro atoms. The Morgan fingerprint density at radius 2 is 1.94 bits per heavy atom. The molecule has 100 valence electrons. The van der Waals surface area contributed by atoms with E-state index in [1.54, 1.807) is 0 Å². The smallest absolute Gasteiger partial charge is 0.220 e. The van der Waals surface area contributed by atoms with E-state index < -0.39 is 0 Å². The molecule has 0 aromatic heterocycles. The van der Waals surface area contributed by atoms with E-state index in [0.717, 1.165) is 38.1 Å². The van der Waals surface area contributed by atoms with Crippen LogP contribution in [0.3, 0.4) is 0 Å². The van der Waals surface area contributed by atoms with Crippen LogP contribution in [-0.4, -0.2) is 18.5 Å². The average Bonchev–Trinajstić information content (AvgIpc) is 2.28. The highest BCUT2D eigenvalue weighted by atomic mass is 16.1. The molecule has 0 unspecified atom stereocenters. The van der Waals surface area contributed by atoms with Crippen LogP contribution in [0.2, 0.25) is 0 Å². The van der Waals surface area contributed by atoms with Crippen LogP contribution < -0.4 is 11.1 Å². The van der Waals surface area contributed by atoms with Crippen LogP contribution in [0.25, 0.3) is 0 Å². The van der Waals surface area contributed by atoms with Gasteiger partial charge in [0.1, 0.15) is 0 Å². The van der Waals surface area contributed by atoms with Gasteiger partial charge in [0.05, 0.1) is 0 Å². The Bertz CT molecular complexity index is 220. The molecule has 0 heterocycles. The predicted molar refractivity (Wildman–Crippen MR) is 71.6 cm³/mol. The van der Waals surface area contributed by atoms with Crippen LogP contribution >= 0.6 is 0 Å². The summed E-state index contributed by atoms with van der Waals surface area (Å²) in [6.07, 6.45) is 7.50. The molecule has 0 aromatic rings. The fraction of sp³-hybridized carbons (Fsp3) is 0.929. The van der Waals surface area contributed by atoms with Crippen molar-refractivity contribution in [1.82, 2.24) is 5.32 Å². The zero-order valence-corrected chi connectivity index (χ0v) is 11.4. The first-order valence-electron chi connectivity index (χ1n) is 7.10. The number of hydrogen-bond acceptors (Lipinski definition) is 2. The quantitative estimate of drug-likeness (QED) is 0.749. The molecule has 0 atom stereocenters. The van der Waals surface area contributed by atoms with Crippen LogP contribution in [0.4, 0.5) is 0 Å². The van der Waals surface area contributed by atoms with Gasteiger partial charge in [-0.15, -0.1) is 0 Å². The first-order valence-corrected chi connectivity index (χ1v) is 7.10. The molecule has 1 rings (SSSR count). The van der Waals surface area contributed by atoms with Crippen LogP contribution in [0.5, 0.6) is 0 Å². The molecule has 0 radical (unpaired) electrons. The van der Waals surface area contributed by atoms with Gasteiger partial charge in [-0.2, -0.15) is 0 Å². The number of nitrogens with one attached hydrogen (secondary N) is 1. The fourth-order valence-corrected chi connectivity index (χ4v) is 2.40. The lowest BCUT2D eigenvalue weighted by Gasteiger charge is -2.25. The molecule has 3 N–H and O–H groups in total. The SMILES string of the molecule is CC(C)CCNC(=O)CCC1CCC(N)CC1. The molecule has 3 nitrogen and oxygen atoms in total. The molecule has 0 saturated heterocycles. The topological polar surface area (TPSA) is 55.1 Å². The van der Waals surface area contributed by atoms with E-state index in [1.165, 1.54) is 12.8 Å². The average molecular weight is 240 g/mol. The Labute approximate surface area is 106 Å². The lowest BCUT2D eigenvalue weighted by Crippen LogP contribution is -2.28. The molecule has 17 heavy (non-hydrogen) atoms. The Kier molecular flexibility index (Phi) is 6.56. The lowest BCUT2D eigenvalue weighted by atomic mass is 9.84. The summed E-state index contributed by atoms with van der Waals surface area (Å²) in [5, 5.41) is 3.00. The van der Waals surface area contributed by atoms with Crippen LogP contribution in [0.15, 0.2) is 0 Å². The van der Waals surface area contributed by atoms with Gasteiger partial charge in [0.2, 0.25) is 5.91 Å². The van der Waals surface area contributed by atoms with Crippen molar-refractivity contribution in [2.24, 2.45) is 17.6 Å². The largest absolute Gasteiger partial charge is 0.356 e. The Morgan fingerprint density at radius 1 is 1.29 bits per heavy atom. The van der Waals surface area contributed by atoms with Crippen molar-refractivity contribution < 1.29 is 4.79 Å². The van der Waals surface area contributed by atoms with Crippen LogP contribution in [0, 0.1) is 11.8 Å². The molecular formula is C14H28N2O. The minimum Gasteiger partial charge on any atom is -0.356 e. The predicted octanol–water partition coefficient (Wildman–Crippen LogP) is 2.45. The van der Waals surface area contributed by atoms with Gasteiger partial charge in [-0.3, -0.25) is 4.79 Å². The maximum absolute atomic E-state index is 11.6. The fourth-order valence-electron chi connectivity index (χ4n) is 2.40. The maximum atomic E-state index is 11.6. The molecule has 1 aliphatic rings. The van der Waals surface area contributed by atoms with Gasteiger partial charge in [0, 0.05) is 19.0 Å². The number of carbonyl (C=O) groups is 1. The first kappa shape index (κ1) is 14.5. The summed E-state index contributed by atoms with van der Waals surface area (Å²) >= 11 is 0. The summed E-state index contributed by atoms with van der Waals surface area (Å²) in [5.41, 5.74) is 5.87. The van der Waals surface area contributed by atoms with Gasteiger partial charge in [0.15, 0.2) is 0 Å². The Morgan fingerprint density at radius 3 is 2.53 bits per heavy atom. The van der Waals surface area contributed by atoms with E-state index in [-0.39, 0.29) is 5.91 Å². The summed E-state index contributed by atoms with van der Waals surface area (Å²) in [5.74, 6) is 1.61. The summed E-state index contributed by atoms with van der Waals surface area (Å²) < 4.78 is 0. The number of carbonyl (C=O) groups excluding carboxylic acids is 1. The lowest BCUT2D eigenvalue weighted by molar-refractivity contribution is -0.121. The number of rotatable bonds is 6. The molecule has 0 aromatic carbocycles. The van der Waals surface area contributed by atoms with Crippen LogP contribution in [0.1, 0.15) is 58.8 Å². The minimum atomic E-state index is 0.223. The summed E-state index contributed by atoms with van der Waals surface area (Å²) in [6, 6.07) is 0.408. The van der Waals surface area contributed by atoms with Crippen molar-refractivity contribution in [3.63, 3.8) is 0 Å². The van der Waals surface area contributed by atoms with Gasteiger partial charge >= 0.3 is 0 Å². The number of amides is 1. The van der Waals surface area contributed by atoms with Gasteiger partial charge in [-0.1, -0.05) is 13.8 Å². The molecule has 0 bridgehead atoms. The van der Waals surface area contributed by atoms with Crippen molar-refractivity contribution in [3.8, 4) is 0 Å². The maximum Gasteiger partial charge on any atom is 0.220 e. The van der Waals surface area contributed by atoms with Crippen molar-refractivity contribution >= 4 is 5.91 Å². The molecule has 1 amide bonds. The third-order valence-electron chi connectivity index (χ3n) is 3.71. The second-order valence-corrected chi connectivity index (χ2v) is 5.85. The second-order valence-electron chi connectivity index (χ2n) is 5.85. The standard InChI is InChI=1S/C14H28N2O/c1-11(2)9-10-16-14(17)8-5-12-3-6-13(15)7-4-12/h11-13H,3-10,15H2,1-2H3,(H,16,17). The number of nitrogens with two attached hydrogens (primary N) is 1. The molecular weight excluding hydrogens is 212 g/mol. The van der Waals surface area contributed by atoms with Crippen molar-refractivity contribution in [1.29, 1.82) is 0 Å². The highest BCUT2D eigenvalue weighted by Gasteiger charge is 2.18. The molecule has 1 saturated carbocycles. The highest BCUT2D eigenvalue weighted by Crippen LogP contribution is 2.26. The summed E-state index contributed by atoms with van der Waals surface area (Å²) in [4.78, 5) is 11.6. The third kappa shape index (κ3) is 6.67. The summed E-state index contributed by atoms with van der Waals surface area (Å²) in [6.45, 7) is 5.18. The van der Waals surface area contributed by atoms with Crippen molar-refractivity contribution in [2.45, 2.75) is 64.8 Å². The van der Waals surface area contributed by atoms with Gasteiger partial charge in [-0.05, 0) is 50.4 Å². The van der Waals surface area contributed by atoms with Gasteiger partial charge < -0.3 is 11.1 Å². The first-order chi connectivity index (χ1) is 8.08. The van der Waals surface area contributed by atoms with Crippen LogP contribution in [-0.2, 0) is 4.79 Å². The molecule has 1 fully saturated rings. The highest BCUT2D eigenvalue weighted by molar-refractivity contribution is 5.75. The van der Waals surface area contributed by atoms with E-state index in [2.05, 4.69) is 19.2 Å². The molecule has 3 heteroatoms. The molecule has 1 aliphatic carbocycles. The van der Waals surface area contributed by atoms with Gasteiger partial charge in [0.25, 0.3) is 0 Å². The Balaban J connectivity index is 2.03. The zero-order valence-electron chi connectivity index (χ0n) is 11.4. The second kappa shape index (κ2) is 7.70. The third-order valence-corrected chi connectivity index (χ3v) is 3.71. The summed E-state index contributed by atoms with van der Waals surface area (Å²) in [7, 11) is 0. The molecule has 0 aliphatic heterocycles. The minimum absolute atomic E-state index is 0.223. The van der Waals surface area contributed by atoms with Gasteiger partial charge in [-0.25, -0.2) is 0 Å². The normalized spacial score (nSPS) is 24.9. The van der Waals surface area contributed by atoms with Crippen molar-refractivity contribution in [3.05, 3.63) is 0 Å². The number of hydrogen-bond donors (Lipinski definition) is 2. The van der Waals surface area contributed by atoms with Crippen molar-refractivity contribution in [2.75, 3.05) is 6.54 Å². The van der Waals surface area contributed by atoms with E-state index >= 15 is 0 Å². The Hall–Kier alpha value is -0.570. The van der Waals surface area contributed by atoms with E-state index in [1.807, 2.05) is 0 Å².